The molecule has 5 aromatic rings. The fraction of sp³-hybridized carbons (Fsp3) is 0.147. The molecule has 0 bridgehead atoms. The Morgan fingerprint density at radius 3 is 2.29 bits per heavy atom. The van der Waals surface area contributed by atoms with Gasteiger partial charge in [0, 0.05) is 17.1 Å². The van der Waals surface area contributed by atoms with Crippen molar-refractivity contribution < 1.29 is 18.7 Å². The lowest BCUT2D eigenvalue weighted by Gasteiger charge is -2.34. The number of carbonyl (C=O) groups excluding carboxylic acids is 2. The zero-order chi connectivity index (χ0) is 29.2. The highest BCUT2D eigenvalue weighted by atomic mass is 35.5. The highest BCUT2D eigenvalue weighted by Crippen LogP contribution is 2.53. The fourth-order valence-electron chi connectivity index (χ4n) is 6.17. The van der Waals surface area contributed by atoms with E-state index in [4.69, 9.17) is 20.8 Å². The van der Waals surface area contributed by atoms with Crippen LogP contribution >= 0.6 is 11.6 Å². The van der Waals surface area contributed by atoms with Crippen LogP contribution < -0.4 is 15.1 Å². The van der Waals surface area contributed by atoms with Gasteiger partial charge in [0.25, 0.3) is 11.8 Å². The lowest BCUT2D eigenvalue weighted by Crippen LogP contribution is -2.52. The van der Waals surface area contributed by atoms with E-state index in [0.29, 0.717) is 33.0 Å². The van der Waals surface area contributed by atoms with E-state index < -0.39 is 22.8 Å². The minimum absolute atomic E-state index is 0.0511. The minimum Gasteiger partial charge on any atom is -0.497 e. The molecule has 1 aromatic heterocycles. The first-order valence-electron chi connectivity index (χ1n) is 13.5. The predicted octanol–water partition coefficient (Wildman–Crippen LogP) is 6.21. The van der Waals surface area contributed by atoms with Crippen molar-refractivity contribution >= 4 is 40.1 Å². The predicted molar refractivity (Wildman–Crippen MR) is 160 cm³/mol. The highest BCUT2D eigenvalue weighted by molar-refractivity contribution is 6.30. The fourth-order valence-corrected chi connectivity index (χ4v) is 6.29. The van der Waals surface area contributed by atoms with Crippen LogP contribution in [0, 0.1) is 6.92 Å². The van der Waals surface area contributed by atoms with Crippen LogP contribution in [0.3, 0.4) is 0 Å². The second-order valence-corrected chi connectivity index (χ2v) is 11.1. The molecular formula is C34H25ClN2O5. The van der Waals surface area contributed by atoms with Gasteiger partial charge in [-0.15, -0.1) is 0 Å². The summed E-state index contributed by atoms with van der Waals surface area (Å²) < 4.78 is 11.5. The van der Waals surface area contributed by atoms with Gasteiger partial charge in [0.2, 0.25) is 5.76 Å². The van der Waals surface area contributed by atoms with Gasteiger partial charge in [-0.05, 0) is 60.5 Å². The summed E-state index contributed by atoms with van der Waals surface area (Å²) in [5, 5.41) is 0.915. The second-order valence-electron chi connectivity index (χ2n) is 10.6. The molecule has 2 aliphatic heterocycles. The van der Waals surface area contributed by atoms with Gasteiger partial charge in [-0.1, -0.05) is 65.7 Å². The van der Waals surface area contributed by atoms with Crippen LogP contribution in [0.25, 0.3) is 11.0 Å². The first-order valence-corrected chi connectivity index (χ1v) is 13.9. The largest absolute Gasteiger partial charge is 0.497 e. The molecule has 0 N–H and O–H groups in total. The van der Waals surface area contributed by atoms with Crippen molar-refractivity contribution in [2.75, 3.05) is 12.0 Å². The summed E-state index contributed by atoms with van der Waals surface area (Å²) in [5.41, 5.74) is 1.92. The van der Waals surface area contributed by atoms with Gasteiger partial charge in [-0.25, -0.2) is 0 Å². The molecule has 1 atom stereocenters. The highest BCUT2D eigenvalue weighted by Gasteiger charge is 2.65. The molecule has 4 aromatic carbocycles. The van der Waals surface area contributed by atoms with Crippen LogP contribution in [-0.4, -0.2) is 23.8 Å². The van der Waals surface area contributed by atoms with Crippen LogP contribution in [-0.2, 0) is 23.4 Å². The lowest BCUT2D eigenvalue weighted by atomic mass is 9.83. The van der Waals surface area contributed by atoms with E-state index in [0.717, 1.165) is 16.7 Å². The average molecular weight is 577 g/mol. The number of anilines is 1. The maximum Gasteiger partial charge on any atom is 0.291 e. The van der Waals surface area contributed by atoms with Gasteiger partial charge in [0.05, 0.1) is 30.3 Å². The lowest BCUT2D eigenvalue weighted by molar-refractivity contribution is -0.126. The molecule has 0 radical (unpaired) electrons. The molecule has 208 valence electrons. The summed E-state index contributed by atoms with van der Waals surface area (Å²) in [6.07, 6.45) is 0. The third-order valence-electron chi connectivity index (χ3n) is 8.14. The first kappa shape index (κ1) is 26.0. The van der Waals surface area contributed by atoms with E-state index >= 15 is 0 Å². The summed E-state index contributed by atoms with van der Waals surface area (Å²) in [7, 11) is 1.58. The summed E-state index contributed by atoms with van der Waals surface area (Å²) in [4.78, 5) is 46.7. The molecule has 0 saturated carbocycles. The number of nitrogens with zero attached hydrogens (tertiary/aromatic N) is 2. The van der Waals surface area contributed by atoms with Gasteiger partial charge in [-0.3, -0.25) is 14.4 Å². The van der Waals surface area contributed by atoms with E-state index in [9.17, 15) is 14.4 Å². The number of hydrogen-bond acceptors (Lipinski definition) is 5. The van der Waals surface area contributed by atoms with Crippen LogP contribution in [0.2, 0.25) is 5.02 Å². The molecule has 0 aliphatic carbocycles. The SMILES string of the molecule is COc1ccc(CN2C(=O)c3oc4ccc(C)cc4c(=O)c3C23C(=O)N(Cc2ccc(Cl)cc2)c2ccccc23)cc1. The normalized spacial score (nSPS) is 17.3. The van der Waals surface area contributed by atoms with Crippen LogP contribution in [0.15, 0.2) is 100 Å². The number of aryl methyl sites for hydroxylation is 1. The Bertz CT molecular complexity index is 1970. The van der Waals surface area contributed by atoms with Crippen molar-refractivity contribution in [3.8, 4) is 5.75 Å². The molecule has 0 saturated heterocycles. The minimum atomic E-state index is -1.71. The van der Waals surface area contributed by atoms with Gasteiger partial charge in [0.15, 0.2) is 11.0 Å². The zero-order valence-corrected chi connectivity index (χ0v) is 23.6. The molecule has 7 nitrogen and oxygen atoms in total. The summed E-state index contributed by atoms with van der Waals surface area (Å²) in [5.74, 6) is -0.351. The van der Waals surface area contributed by atoms with Crippen molar-refractivity contribution in [3.05, 3.63) is 140 Å². The number of ether oxygens (including phenoxy) is 1. The Kier molecular flexibility index (Phi) is 5.95. The second kappa shape index (κ2) is 9.60. The van der Waals surface area contributed by atoms with Crippen molar-refractivity contribution in [2.45, 2.75) is 25.6 Å². The van der Waals surface area contributed by atoms with Crippen LogP contribution in [0.5, 0.6) is 5.75 Å². The maximum absolute atomic E-state index is 14.9. The van der Waals surface area contributed by atoms with Crippen LogP contribution in [0.4, 0.5) is 5.69 Å². The summed E-state index contributed by atoms with van der Waals surface area (Å²) in [6, 6.07) is 27.1. The van der Waals surface area contributed by atoms with E-state index in [-0.39, 0.29) is 24.4 Å². The Balaban J connectivity index is 1.49. The molecule has 1 unspecified atom stereocenters. The molecular weight excluding hydrogens is 552 g/mol. The van der Waals surface area contributed by atoms with E-state index in [1.165, 1.54) is 4.90 Å². The molecule has 1 spiro atoms. The Morgan fingerprint density at radius 1 is 0.857 bits per heavy atom. The van der Waals surface area contributed by atoms with Crippen molar-refractivity contribution in [1.82, 2.24) is 4.90 Å². The number of methoxy groups -OCH3 is 1. The van der Waals surface area contributed by atoms with Crippen molar-refractivity contribution in [1.29, 1.82) is 0 Å². The molecule has 0 fully saturated rings. The zero-order valence-electron chi connectivity index (χ0n) is 22.9. The Hall–Kier alpha value is -4.88. The smallest absolute Gasteiger partial charge is 0.291 e. The first-order chi connectivity index (χ1) is 20.3. The van der Waals surface area contributed by atoms with Crippen LogP contribution in [0.1, 0.15) is 38.4 Å². The summed E-state index contributed by atoms with van der Waals surface area (Å²) in [6.45, 7) is 2.18. The number of hydrogen-bond donors (Lipinski definition) is 0. The number of rotatable bonds is 5. The van der Waals surface area contributed by atoms with Crippen molar-refractivity contribution in [3.63, 3.8) is 0 Å². The molecule has 8 heteroatoms. The number of amides is 2. The maximum atomic E-state index is 14.9. The molecule has 7 rings (SSSR count). The number of para-hydroxylation sites is 1. The van der Waals surface area contributed by atoms with E-state index in [2.05, 4.69) is 0 Å². The number of carbonyl (C=O) groups is 2. The van der Waals surface area contributed by atoms with Gasteiger partial charge < -0.3 is 19.0 Å². The van der Waals surface area contributed by atoms with Gasteiger partial charge in [0.1, 0.15) is 11.3 Å². The molecule has 3 heterocycles. The molecule has 2 amide bonds. The third kappa shape index (κ3) is 3.70. The number of fused-ring (bicyclic) bond motifs is 5. The monoisotopic (exact) mass is 576 g/mol. The summed E-state index contributed by atoms with van der Waals surface area (Å²) >= 11 is 6.12. The number of halogens is 1. The van der Waals surface area contributed by atoms with Gasteiger partial charge >= 0.3 is 0 Å². The average Bonchev–Trinajstić information content (AvgIpc) is 3.39. The molecule has 42 heavy (non-hydrogen) atoms. The molecule has 2 aliphatic rings. The Labute approximate surface area is 246 Å². The quantitative estimate of drug-likeness (QED) is 0.248. The third-order valence-corrected chi connectivity index (χ3v) is 8.40. The number of benzene rings is 4. The van der Waals surface area contributed by atoms with E-state index in [1.807, 2.05) is 61.5 Å². The van der Waals surface area contributed by atoms with Crippen molar-refractivity contribution in [2.24, 2.45) is 0 Å². The Morgan fingerprint density at radius 2 is 1.55 bits per heavy atom. The standard InChI is InChI=1S/C34H25ClN2O5/c1-20-7-16-28-25(17-20)30(38)29-31(42-28)32(39)37(19-22-10-14-24(41-2)15-11-22)34(29)26-5-3-4-6-27(26)36(33(34)40)18-21-8-12-23(35)13-9-21/h3-17H,18-19H2,1-2H3. The van der Waals surface area contributed by atoms with E-state index in [1.54, 1.807) is 48.4 Å². The van der Waals surface area contributed by atoms with Gasteiger partial charge in [-0.2, -0.15) is 0 Å². The topological polar surface area (TPSA) is 80.1 Å².